The zero-order chi connectivity index (χ0) is 16.8. The Morgan fingerprint density at radius 2 is 1.92 bits per heavy atom. The lowest BCUT2D eigenvalue weighted by molar-refractivity contribution is 0.0938. The summed E-state index contributed by atoms with van der Waals surface area (Å²) in [5, 5.41) is 12.4. The highest BCUT2D eigenvalue weighted by atomic mass is 16.3. The maximum atomic E-state index is 12.6. The third-order valence-electron chi connectivity index (χ3n) is 4.99. The predicted octanol–water partition coefficient (Wildman–Crippen LogP) is 3.50. The number of benzene rings is 1. The molecule has 4 heteroatoms. The second kappa shape index (κ2) is 8.15. The normalized spacial score (nSPS) is 16.2. The van der Waals surface area contributed by atoms with Crippen molar-refractivity contribution >= 4 is 5.91 Å². The van der Waals surface area contributed by atoms with Crippen LogP contribution >= 0.6 is 0 Å². The smallest absolute Gasteiger partial charge is 0.267 e. The van der Waals surface area contributed by atoms with Crippen LogP contribution in [0.5, 0.6) is 0 Å². The first-order chi connectivity index (χ1) is 11.8. The van der Waals surface area contributed by atoms with Gasteiger partial charge in [-0.3, -0.25) is 4.79 Å². The molecule has 0 aliphatic heterocycles. The summed E-state index contributed by atoms with van der Waals surface area (Å²) < 4.78 is 2.13. The van der Waals surface area contributed by atoms with E-state index >= 15 is 0 Å². The Labute approximate surface area is 143 Å². The van der Waals surface area contributed by atoms with Gasteiger partial charge in [-0.2, -0.15) is 0 Å². The second-order valence-electron chi connectivity index (χ2n) is 6.57. The lowest BCUT2D eigenvalue weighted by atomic mass is 9.96. The van der Waals surface area contributed by atoms with Crippen molar-refractivity contribution in [1.29, 1.82) is 0 Å². The van der Waals surface area contributed by atoms with Gasteiger partial charge in [0, 0.05) is 31.3 Å². The largest absolute Gasteiger partial charge is 0.396 e. The van der Waals surface area contributed by atoms with Crippen molar-refractivity contribution in [3.05, 3.63) is 59.9 Å². The van der Waals surface area contributed by atoms with Gasteiger partial charge in [0.15, 0.2) is 0 Å². The van der Waals surface area contributed by atoms with Crippen LogP contribution in [0, 0.1) is 0 Å². The molecule has 1 aromatic carbocycles. The summed E-state index contributed by atoms with van der Waals surface area (Å²) in [5.41, 5.74) is 1.90. The number of amides is 1. The molecule has 1 amide bonds. The van der Waals surface area contributed by atoms with Crippen molar-refractivity contribution in [1.82, 2.24) is 9.88 Å². The lowest BCUT2D eigenvalue weighted by Gasteiger charge is -2.19. The summed E-state index contributed by atoms with van der Waals surface area (Å²) in [4.78, 5) is 12.6. The number of nitrogens with one attached hydrogen (secondary N) is 1. The first-order valence-corrected chi connectivity index (χ1v) is 8.90. The number of nitrogens with zero attached hydrogens (tertiary/aromatic N) is 1. The van der Waals surface area contributed by atoms with E-state index < -0.39 is 0 Å². The first kappa shape index (κ1) is 16.8. The van der Waals surface area contributed by atoms with Crippen molar-refractivity contribution < 1.29 is 9.90 Å². The summed E-state index contributed by atoms with van der Waals surface area (Å²) in [6, 6.07) is 14.4. The molecule has 1 saturated carbocycles. The maximum absolute atomic E-state index is 12.6. The van der Waals surface area contributed by atoms with Crippen LogP contribution in [0.2, 0.25) is 0 Å². The quantitative estimate of drug-likeness (QED) is 0.818. The molecule has 3 rings (SSSR count). The standard InChI is InChI=1S/C20H26N2O2/c23-14-12-17(16-7-2-1-3-8-16)15-21-20(24)19-11-6-13-22(19)18-9-4-5-10-18/h1-3,6-8,11,13,17-18,23H,4-5,9-10,12,14-15H2,(H,21,24). The maximum Gasteiger partial charge on any atom is 0.267 e. The zero-order valence-electron chi connectivity index (χ0n) is 14.0. The fourth-order valence-electron chi connectivity index (χ4n) is 3.66. The molecule has 2 N–H and O–H groups in total. The number of hydrogen-bond acceptors (Lipinski definition) is 2. The Hall–Kier alpha value is -2.07. The average Bonchev–Trinajstić information content (AvgIpc) is 3.29. The van der Waals surface area contributed by atoms with Crippen molar-refractivity contribution in [3.63, 3.8) is 0 Å². The third-order valence-corrected chi connectivity index (χ3v) is 4.99. The lowest BCUT2D eigenvalue weighted by Crippen LogP contribution is -2.31. The van der Waals surface area contributed by atoms with Gasteiger partial charge in [-0.25, -0.2) is 0 Å². The van der Waals surface area contributed by atoms with Gasteiger partial charge in [0.25, 0.3) is 5.91 Å². The van der Waals surface area contributed by atoms with Gasteiger partial charge in [0.2, 0.25) is 0 Å². The Bertz CT molecular complexity index is 645. The first-order valence-electron chi connectivity index (χ1n) is 8.90. The Balaban J connectivity index is 1.65. The molecule has 1 aliphatic rings. The Morgan fingerprint density at radius 1 is 1.17 bits per heavy atom. The number of aromatic nitrogens is 1. The molecule has 4 nitrogen and oxygen atoms in total. The van der Waals surface area contributed by atoms with Gasteiger partial charge in [-0.1, -0.05) is 43.2 Å². The van der Waals surface area contributed by atoms with Crippen LogP contribution in [-0.4, -0.2) is 28.7 Å². The minimum absolute atomic E-state index is 0.0224. The van der Waals surface area contributed by atoms with E-state index in [0.29, 0.717) is 19.0 Å². The molecule has 0 spiro atoms. The number of carbonyl (C=O) groups is 1. The highest BCUT2D eigenvalue weighted by Crippen LogP contribution is 2.30. The highest BCUT2D eigenvalue weighted by molar-refractivity contribution is 5.92. The van der Waals surface area contributed by atoms with Crippen LogP contribution in [0.25, 0.3) is 0 Å². The zero-order valence-corrected chi connectivity index (χ0v) is 14.0. The van der Waals surface area contributed by atoms with Crippen molar-refractivity contribution in [3.8, 4) is 0 Å². The molecular formula is C20H26N2O2. The molecule has 1 aliphatic carbocycles. The molecule has 128 valence electrons. The second-order valence-corrected chi connectivity index (χ2v) is 6.57. The molecule has 0 saturated heterocycles. The molecule has 1 aromatic heterocycles. The summed E-state index contributed by atoms with van der Waals surface area (Å²) in [6.45, 7) is 0.660. The summed E-state index contributed by atoms with van der Waals surface area (Å²) in [7, 11) is 0. The summed E-state index contributed by atoms with van der Waals surface area (Å²) in [6.07, 6.45) is 7.48. The van der Waals surface area contributed by atoms with Crippen LogP contribution in [0.15, 0.2) is 48.7 Å². The molecule has 1 fully saturated rings. The van der Waals surface area contributed by atoms with Gasteiger partial charge in [0.05, 0.1) is 0 Å². The van der Waals surface area contributed by atoms with E-state index in [9.17, 15) is 9.90 Å². The van der Waals surface area contributed by atoms with E-state index in [2.05, 4.69) is 9.88 Å². The van der Waals surface area contributed by atoms with Gasteiger partial charge < -0.3 is 15.0 Å². The van der Waals surface area contributed by atoms with Gasteiger partial charge in [0.1, 0.15) is 5.69 Å². The van der Waals surface area contributed by atoms with Gasteiger partial charge in [-0.15, -0.1) is 0 Å². The van der Waals surface area contributed by atoms with Crippen LogP contribution in [0.1, 0.15) is 60.1 Å². The molecule has 1 atom stereocenters. The fourth-order valence-corrected chi connectivity index (χ4v) is 3.66. The van der Waals surface area contributed by atoms with E-state index in [4.69, 9.17) is 0 Å². The number of aliphatic hydroxyl groups excluding tert-OH is 1. The number of hydrogen-bond donors (Lipinski definition) is 2. The predicted molar refractivity (Wildman–Crippen MR) is 95.2 cm³/mol. The molecule has 1 unspecified atom stereocenters. The fraction of sp³-hybridized carbons (Fsp3) is 0.450. The van der Waals surface area contributed by atoms with Gasteiger partial charge in [-0.05, 0) is 37.0 Å². The molecule has 2 aromatic rings. The van der Waals surface area contributed by atoms with E-state index in [0.717, 1.165) is 24.1 Å². The van der Waals surface area contributed by atoms with E-state index in [1.165, 1.54) is 12.8 Å². The molecule has 0 radical (unpaired) electrons. The van der Waals surface area contributed by atoms with E-state index in [1.54, 1.807) is 0 Å². The van der Waals surface area contributed by atoms with Crippen LogP contribution < -0.4 is 5.32 Å². The number of rotatable bonds is 7. The van der Waals surface area contributed by atoms with E-state index in [-0.39, 0.29) is 18.4 Å². The molecular weight excluding hydrogens is 300 g/mol. The van der Waals surface area contributed by atoms with E-state index in [1.807, 2.05) is 48.7 Å². The minimum Gasteiger partial charge on any atom is -0.396 e. The van der Waals surface area contributed by atoms with Crippen molar-refractivity contribution in [2.24, 2.45) is 0 Å². The Morgan fingerprint density at radius 3 is 2.62 bits per heavy atom. The summed E-state index contributed by atoms with van der Waals surface area (Å²) in [5.74, 6) is 0.112. The topological polar surface area (TPSA) is 54.3 Å². The third kappa shape index (κ3) is 3.88. The summed E-state index contributed by atoms with van der Waals surface area (Å²) >= 11 is 0. The average molecular weight is 326 g/mol. The number of aliphatic hydroxyl groups is 1. The molecule has 24 heavy (non-hydrogen) atoms. The van der Waals surface area contributed by atoms with Gasteiger partial charge >= 0.3 is 0 Å². The Kier molecular flexibility index (Phi) is 5.70. The molecule has 0 bridgehead atoms. The highest BCUT2D eigenvalue weighted by Gasteiger charge is 2.21. The van der Waals surface area contributed by atoms with Crippen molar-refractivity contribution in [2.75, 3.05) is 13.2 Å². The monoisotopic (exact) mass is 326 g/mol. The number of carbonyl (C=O) groups excluding carboxylic acids is 1. The van der Waals surface area contributed by atoms with Crippen LogP contribution in [-0.2, 0) is 0 Å². The van der Waals surface area contributed by atoms with Crippen LogP contribution in [0.3, 0.4) is 0 Å². The minimum atomic E-state index is -0.0224. The van der Waals surface area contributed by atoms with Crippen LogP contribution in [0.4, 0.5) is 0 Å². The van der Waals surface area contributed by atoms with Crippen molar-refractivity contribution in [2.45, 2.75) is 44.1 Å². The SMILES string of the molecule is O=C(NCC(CCO)c1ccccc1)c1cccn1C1CCCC1. The molecule has 1 heterocycles.